The van der Waals surface area contributed by atoms with Crippen LogP contribution < -0.4 is 5.32 Å². The van der Waals surface area contributed by atoms with Gasteiger partial charge in [-0.05, 0) is 13.5 Å². The number of rotatable bonds is 6. The first-order chi connectivity index (χ1) is 5.68. The summed E-state index contributed by atoms with van der Waals surface area (Å²) in [5.41, 5.74) is -0.450. The van der Waals surface area contributed by atoms with Crippen molar-refractivity contribution in [3.63, 3.8) is 0 Å². The molecule has 12 heavy (non-hydrogen) atoms. The molecule has 3 nitrogen and oxygen atoms in total. The minimum atomic E-state index is -0.450. The van der Waals surface area contributed by atoms with E-state index in [9.17, 15) is 0 Å². The first kappa shape index (κ1) is 11.8. The third-order valence-electron chi connectivity index (χ3n) is 1.44. The minimum Gasteiger partial charge on any atom is -0.396 e. The lowest BCUT2D eigenvalue weighted by Crippen LogP contribution is -2.43. The van der Waals surface area contributed by atoms with Gasteiger partial charge in [0.2, 0.25) is 0 Å². The topological polar surface area (TPSA) is 56.0 Å². The summed E-state index contributed by atoms with van der Waals surface area (Å²) in [6, 6.07) is 2.22. The summed E-state index contributed by atoms with van der Waals surface area (Å²) in [6.07, 6.45) is 0. The number of hydrogen-bond donors (Lipinski definition) is 2. The molecular weight excluding hydrogens is 172 g/mol. The van der Waals surface area contributed by atoms with Crippen molar-refractivity contribution >= 4 is 11.8 Å². The maximum Gasteiger partial charge on any atom is 0.113 e. The molecule has 0 aliphatic rings. The van der Waals surface area contributed by atoms with Gasteiger partial charge in [-0.3, -0.25) is 5.32 Å². The molecule has 1 atom stereocenters. The van der Waals surface area contributed by atoms with Gasteiger partial charge in [-0.2, -0.15) is 17.0 Å². The summed E-state index contributed by atoms with van der Waals surface area (Å²) in [6.45, 7) is 4.83. The molecule has 4 heteroatoms. The summed E-state index contributed by atoms with van der Waals surface area (Å²) >= 11 is 1.59. The molecular formula is C8H16N2OS. The number of hydrogen-bond acceptors (Lipinski definition) is 4. The molecule has 0 fully saturated rings. The average molecular weight is 188 g/mol. The van der Waals surface area contributed by atoms with Crippen molar-refractivity contribution in [2.45, 2.75) is 19.4 Å². The highest BCUT2D eigenvalue weighted by Gasteiger charge is 2.21. The Morgan fingerprint density at radius 1 is 1.67 bits per heavy atom. The summed E-state index contributed by atoms with van der Waals surface area (Å²) in [5.74, 6) is 1.42. The zero-order chi connectivity index (χ0) is 9.45. The molecule has 0 radical (unpaired) electrons. The Hall–Kier alpha value is -0.240. The molecule has 0 aliphatic carbocycles. The Bertz CT molecular complexity index is 158. The van der Waals surface area contributed by atoms with Crippen LogP contribution in [0.1, 0.15) is 13.8 Å². The van der Waals surface area contributed by atoms with Gasteiger partial charge in [-0.15, -0.1) is 0 Å². The zero-order valence-electron chi connectivity index (χ0n) is 7.63. The molecule has 0 aromatic heterocycles. The smallest absolute Gasteiger partial charge is 0.113 e. The lowest BCUT2D eigenvalue weighted by atomic mass is 10.1. The lowest BCUT2D eigenvalue weighted by Gasteiger charge is -2.21. The number of nitrogens with one attached hydrogen (secondary N) is 1. The van der Waals surface area contributed by atoms with E-state index in [-0.39, 0.29) is 6.61 Å². The molecule has 0 rings (SSSR count). The van der Waals surface area contributed by atoms with Crippen LogP contribution in [0.25, 0.3) is 0 Å². The third kappa shape index (κ3) is 4.60. The van der Waals surface area contributed by atoms with Crippen LogP contribution >= 0.6 is 11.8 Å². The van der Waals surface area contributed by atoms with Gasteiger partial charge in [0.1, 0.15) is 5.54 Å². The second-order valence-electron chi connectivity index (χ2n) is 2.75. The predicted octanol–water partition coefficient (Wildman–Crippen LogP) is 0.604. The normalized spacial score (nSPS) is 15.2. The third-order valence-corrected chi connectivity index (χ3v) is 2.69. The fraction of sp³-hybridized carbons (Fsp3) is 0.875. The van der Waals surface area contributed by atoms with E-state index < -0.39 is 5.54 Å². The predicted molar refractivity (Wildman–Crippen MR) is 52.1 cm³/mol. The van der Waals surface area contributed by atoms with Gasteiger partial charge in [-0.25, -0.2) is 0 Å². The summed E-state index contributed by atoms with van der Waals surface area (Å²) in [7, 11) is 0. The Morgan fingerprint density at radius 2 is 2.33 bits per heavy atom. The molecule has 2 N–H and O–H groups in total. The highest BCUT2D eigenvalue weighted by Crippen LogP contribution is 2.11. The molecule has 1 unspecified atom stereocenters. The number of nitrogens with zero attached hydrogens (tertiary/aromatic N) is 1. The van der Waals surface area contributed by atoms with Gasteiger partial charge in [0.25, 0.3) is 0 Å². The van der Waals surface area contributed by atoms with Crippen LogP contribution in [-0.2, 0) is 0 Å². The van der Waals surface area contributed by atoms with Crippen molar-refractivity contribution < 1.29 is 5.11 Å². The Labute approximate surface area is 78.2 Å². The Morgan fingerprint density at radius 3 is 2.75 bits per heavy atom. The zero-order valence-corrected chi connectivity index (χ0v) is 8.45. The Kier molecular flexibility index (Phi) is 6.17. The lowest BCUT2D eigenvalue weighted by molar-refractivity contribution is 0.322. The van der Waals surface area contributed by atoms with E-state index in [4.69, 9.17) is 10.4 Å². The second kappa shape index (κ2) is 6.30. The number of aliphatic hydroxyl groups is 1. The Balaban J connectivity index is 3.73. The molecule has 0 aromatic carbocycles. The molecule has 0 amide bonds. The van der Waals surface area contributed by atoms with Crippen LogP contribution in [0.3, 0.4) is 0 Å². The van der Waals surface area contributed by atoms with Crippen LogP contribution in [-0.4, -0.2) is 35.3 Å². The number of thioether (sulfide) groups is 1. The van der Waals surface area contributed by atoms with Gasteiger partial charge < -0.3 is 5.11 Å². The van der Waals surface area contributed by atoms with E-state index in [2.05, 4.69) is 11.4 Å². The quantitative estimate of drug-likeness (QED) is 0.599. The fourth-order valence-electron chi connectivity index (χ4n) is 0.854. The van der Waals surface area contributed by atoms with Gasteiger partial charge >= 0.3 is 0 Å². The summed E-state index contributed by atoms with van der Waals surface area (Å²) in [5, 5.41) is 20.5. The summed E-state index contributed by atoms with van der Waals surface area (Å²) in [4.78, 5) is 0. The molecule has 0 heterocycles. The van der Waals surface area contributed by atoms with Crippen LogP contribution in [0.5, 0.6) is 0 Å². The first-order valence-electron chi connectivity index (χ1n) is 4.03. The van der Waals surface area contributed by atoms with E-state index in [0.29, 0.717) is 5.75 Å². The van der Waals surface area contributed by atoms with Crippen molar-refractivity contribution in [2.75, 3.05) is 24.7 Å². The molecule has 0 saturated heterocycles. The van der Waals surface area contributed by atoms with Crippen LogP contribution in [0.15, 0.2) is 0 Å². The second-order valence-corrected chi connectivity index (χ2v) is 3.86. The van der Waals surface area contributed by atoms with Gasteiger partial charge in [0, 0.05) is 11.5 Å². The van der Waals surface area contributed by atoms with Crippen molar-refractivity contribution in [1.82, 2.24) is 5.32 Å². The van der Waals surface area contributed by atoms with Crippen molar-refractivity contribution in [2.24, 2.45) is 0 Å². The van der Waals surface area contributed by atoms with Gasteiger partial charge in [-0.1, -0.05) is 6.92 Å². The number of aliphatic hydroxyl groups excluding tert-OH is 1. The highest BCUT2D eigenvalue weighted by molar-refractivity contribution is 7.99. The van der Waals surface area contributed by atoms with Crippen LogP contribution in [0.4, 0.5) is 0 Å². The first-order valence-corrected chi connectivity index (χ1v) is 5.19. The number of nitriles is 1. The average Bonchev–Trinajstić information content (AvgIpc) is 2.06. The summed E-state index contributed by atoms with van der Waals surface area (Å²) < 4.78 is 0. The monoisotopic (exact) mass is 188 g/mol. The van der Waals surface area contributed by atoms with E-state index in [1.54, 1.807) is 11.8 Å². The van der Waals surface area contributed by atoms with E-state index in [1.807, 2.05) is 13.8 Å². The molecule has 0 spiro atoms. The molecule has 0 aromatic rings. The minimum absolute atomic E-state index is 0.179. The van der Waals surface area contributed by atoms with Gasteiger partial charge in [0.05, 0.1) is 12.7 Å². The molecule has 0 aliphatic heterocycles. The molecule has 70 valence electrons. The van der Waals surface area contributed by atoms with Crippen molar-refractivity contribution in [1.29, 1.82) is 5.26 Å². The van der Waals surface area contributed by atoms with E-state index in [0.717, 1.165) is 12.3 Å². The fourth-order valence-corrected chi connectivity index (χ4v) is 1.70. The maximum absolute atomic E-state index is 8.83. The molecule has 0 bridgehead atoms. The SMILES string of the molecule is CCNC(C)(C#N)CSCCO. The van der Waals surface area contributed by atoms with Crippen LogP contribution in [0, 0.1) is 11.3 Å². The highest BCUT2D eigenvalue weighted by atomic mass is 32.2. The molecule has 0 saturated carbocycles. The van der Waals surface area contributed by atoms with Gasteiger partial charge in [0.15, 0.2) is 0 Å². The van der Waals surface area contributed by atoms with E-state index >= 15 is 0 Å². The standard InChI is InChI=1S/C8H16N2OS/c1-3-10-8(2,6-9)7-12-5-4-11/h10-11H,3-5,7H2,1-2H3. The van der Waals surface area contributed by atoms with Crippen molar-refractivity contribution in [3.8, 4) is 6.07 Å². The maximum atomic E-state index is 8.83. The largest absolute Gasteiger partial charge is 0.396 e. The van der Waals surface area contributed by atoms with Crippen molar-refractivity contribution in [3.05, 3.63) is 0 Å². The van der Waals surface area contributed by atoms with Crippen LogP contribution in [0.2, 0.25) is 0 Å². The van der Waals surface area contributed by atoms with E-state index in [1.165, 1.54) is 0 Å².